The molecule has 1 aliphatic rings. The fourth-order valence-corrected chi connectivity index (χ4v) is 2.02. The van der Waals surface area contributed by atoms with E-state index in [2.05, 4.69) is 24.3 Å². The number of aliphatic hydroxyl groups excluding tert-OH is 1. The van der Waals surface area contributed by atoms with Gasteiger partial charge in [0.25, 0.3) is 0 Å². The minimum Gasteiger partial charge on any atom is -0.392 e. The van der Waals surface area contributed by atoms with E-state index in [1.807, 2.05) is 0 Å². The Labute approximate surface area is 87.5 Å². The van der Waals surface area contributed by atoms with Gasteiger partial charge in [-0.25, -0.2) is 0 Å². The van der Waals surface area contributed by atoms with E-state index in [0.29, 0.717) is 6.04 Å². The molecule has 3 nitrogen and oxygen atoms in total. The van der Waals surface area contributed by atoms with Crippen LogP contribution in [0.1, 0.15) is 32.1 Å². The van der Waals surface area contributed by atoms with Crippen LogP contribution in [0.4, 0.5) is 0 Å². The molecule has 0 aliphatic heterocycles. The number of nitrogens with one attached hydrogen (secondary N) is 1. The summed E-state index contributed by atoms with van der Waals surface area (Å²) < 4.78 is 0. The lowest BCUT2D eigenvalue weighted by atomic mass is 10.2. The molecule has 0 unspecified atom stereocenters. The van der Waals surface area contributed by atoms with Crippen molar-refractivity contribution in [3.8, 4) is 0 Å². The summed E-state index contributed by atoms with van der Waals surface area (Å²) in [6.45, 7) is 2.21. The van der Waals surface area contributed by atoms with Crippen molar-refractivity contribution < 1.29 is 5.11 Å². The molecule has 0 bridgehead atoms. The molecule has 2 N–H and O–H groups in total. The van der Waals surface area contributed by atoms with Crippen molar-refractivity contribution in [1.82, 2.24) is 10.2 Å². The number of aliphatic hydroxyl groups is 1. The smallest absolute Gasteiger partial charge is 0.0693 e. The van der Waals surface area contributed by atoms with Crippen LogP contribution < -0.4 is 5.32 Å². The summed E-state index contributed by atoms with van der Waals surface area (Å²) in [7, 11) is 4.21. The molecular weight excluding hydrogens is 176 g/mol. The predicted octanol–water partition coefficient (Wildman–Crippen LogP) is 0.831. The second-order valence-electron chi connectivity index (χ2n) is 4.57. The van der Waals surface area contributed by atoms with E-state index in [9.17, 15) is 5.11 Å². The zero-order chi connectivity index (χ0) is 10.4. The van der Waals surface area contributed by atoms with Gasteiger partial charge in [-0.2, -0.15) is 0 Å². The third kappa shape index (κ3) is 4.40. The summed E-state index contributed by atoms with van der Waals surface area (Å²) in [6.07, 6.45) is 5.66. The molecule has 0 aromatic rings. The molecule has 2 atom stereocenters. The van der Waals surface area contributed by atoms with Crippen LogP contribution in [0.5, 0.6) is 0 Å². The maximum Gasteiger partial charge on any atom is 0.0693 e. The van der Waals surface area contributed by atoms with Crippen molar-refractivity contribution in [2.24, 2.45) is 0 Å². The first kappa shape index (κ1) is 12.0. The van der Waals surface area contributed by atoms with Gasteiger partial charge in [0.2, 0.25) is 0 Å². The van der Waals surface area contributed by atoms with E-state index in [4.69, 9.17) is 0 Å². The summed E-state index contributed by atoms with van der Waals surface area (Å²) in [6, 6.07) is 0.370. The molecule has 0 aromatic carbocycles. The van der Waals surface area contributed by atoms with Gasteiger partial charge in [-0.05, 0) is 59.3 Å². The Morgan fingerprint density at radius 3 is 2.64 bits per heavy atom. The Hall–Kier alpha value is -0.120. The lowest BCUT2D eigenvalue weighted by molar-refractivity contribution is 0.149. The van der Waals surface area contributed by atoms with Crippen LogP contribution in [0.15, 0.2) is 0 Å². The van der Waals surface area contributed by atoms with E-state index in [1.54, 1.807) is 0 Å². The van der Waals surface area contributed by atoms with E-state index in [0.717, 1.165) is 25.9 Å². The number of hydrogen-bond donors (Lipinski definition) is 2. The Balaban J connectivity index is 1.93. The minimum atomic E-state index is -0.0937. The molecule has 0 amide bonds. The summed E-state index contributed by atoms with van der Waals surface area (Å²) in [5, 5.41) is 13.0. The number of hydrogen-bond acceptors (Lipinski definition) is 3. The van der Waals surface area contributed by atoms with Gasteiger partial charge in [0, 0.05) is 6.04 Å². The molecule has 1 aliphatic carbocycles. The SMILES string of the molecule is CN(C)CCCCN[C@H]1CCC[C@@H]1O. The second-order valence-corrected chi connectivity index (χ2v) is 4.57. The van der Waals surface area contributed by atoms with E-state index in [1.165, 1.54) is 19.3 Å². The molecule has 0 spiro atoms. The maximum atomic E-state index is 9.56. The summed E-state index contributed by atoms with van der Waals surface area (Å²) in [4.78, 5) is 2.21. The Morgan fingerprint density at radius 1 is 1.29 bits per heavy atom. The predicted molar refractivity (Wildman–Crippen MR) is 59.4 cm³/mol. The molecule has 14 heavy (non-hydrogen) atoms. The van der Waals surface area contributed by atoms with Crippen molar-refractivity contribution >= 4 is 0 Å². The fraction of sp³-hybridized carbons (Fsp3) is 1.00. The average Bonchev–Trinajstić information content (AvgIpc) is 2.51. The van der Waals surface area contributed by atoms with Crippen molar-refractivity contribution in [1.29, 1.82) is 0 Å². The summed E-state index contributed by atoms with van der Waals surface area (Å²) in [5.74, 6) is 0. The third-order valence-electron chi connectivity index (χ3n) is 2.92. The highest BCUT2D eigenvalue weighted by molar-refractivity contribution is 4.82. The highest BCUT2D eigenvalue weighted by Crippen LogP contribution is 2.18. The van der Waals surface area contributed by atoms with Crippen molar-refractivity contribution in [2.45, 2.75) is 44.2 Å². The van der Waals surface area contributed by atoms with Crippen molar-refractivity contribution in [3.05, 3.63) is 0 Å². The van der Waals surface area contributed by atoms with Gasteiger partial charge in [-0.3, -0.25) is 0 Å². The number of rotatable bonds is 6. The molecule has 1 fully saturated rings. The van der Waals surface area contributed by atoms with E-state index in [-0.39, 0.29) is 6.10 Å². The average molecular weight is 200 g/mol. The highest BCUT2D eigenvalue weighted by Gasteiger charge is 2.23. The highest BCUT2D eigenvalue weighted by atomic mass is 16.3. The van der Waals surface area contributed by atoms with Gasteiger partial charge < -0.3 is 15.3 Å². The second kappa shape index (κ2) is 6.38. The monoisotopic (exact) mass is 200 g/mol. The maximum absolute atomic E-state index is 9.56. The first-order valence-corrected chi connectivity index (χ1v) is 5.76. The van der Waals surface area contributed by atoms with Crippen LogP contribution in [0.25, 0.3) is 0 Å². The normalized spacial score (nSPS) is 27.4. The molecule has 1 rings (SSSR count). The Kier molecular flexibility index (Phi) is 5.45. The van der Waals surface area contributed by atoms with Gasteiger partial charge in [-0.15, -0.1) is 0 Å². The molecule has 3 heteroatoms. The van der Waals surface area contributed by atoms with Crippen LogP contribution in [-0.4, -0.2) is 49.3 Å². The van der Waals surface area contributed by atoms with Crippen molar-refractivity contribution in [2.75, 3.05) is 27.2 Å². The minimum absolute atomic E-state index is 0.0937. The third-order valence-corrected chi connectivity index (χ3v) is 2.92. The summed E-state index contributed by atoms with van der Waals surface area (Å²) >= 11 is 0. The van der Waals surface area contributed by atoms with Gasteiger partial charge in [0.15, 0.2) is 0 Å². The standard InChI is InChI=1S/C11H24N2O/c1-13(2)9-4-3-8-12-10-6-5-7-11(10)14/h10-12,14H,3-9H2,1-2H3/t10-,11-/m0/s1. The lowest BCUT2D eigenvalue weighted by Crippen LogP contribution is -2.36. The number of unbranched alkanes of at least 4 members (excludes halogenated alkanes) is 1. The Morgan fingerprint density at radius 2 is 2.07 bits per heavy atom. The van der Waals surface area contributed by atoms with Crippen LogP contribution >= 0.6 is 0 Å². The topological polar surface area (TPSA) is 35.5 Å². The zero-order valence-electron chi connectivity index (χ0n) is 9.50. The van der Waals surface area contributed by atoms with Crippen LogP contribution in [0.3, 0.4) is 0 Å². The quantitative estimate of drug-likeness (QED) is 0.623. The zero-order valence-corrected chi connectivity index (χ0v) is 9.50. The summed E-state index contributed by atoms with van der Waals surface area (Å²) in [5.41, 5.74) is 0. The molecule has 0 radical (unpaired) electrons. The fourth-order valence-electron chi connectivity index (χ4n) is 2.02. The molecule has 0 saturated heterocycles. The largest absolute Gasteiger partial charge is 0.392 e. The Bertz CT molecular complexity index is 150. The number of nitrogens with zero attached hydrogens (tertiary/aromatic N) is 1. The van der Waals surface area contributed by atoms with E-state index < -0.39 is 0 Å². The molecule has 1 saturated carbocycles. The first-order valence-electron chi connectivity index (χ1n) is 5.76. The van der Waals surface area contributed by atoms with Gasteiger partial charge in [0.05, 0.1) is 6.10 Å². The van der Waals surface area contributed by atoms with Crippen molar-refractivity contribution in [3.63, 3.8) is 0 Å². The molecule has 0 heterocycles. The lowest BCUT2D eigenvalue weighted by Gasteiger charge is -2.16. The van der Waals surface area contributed by atoms with Gasteiger partial charge in [-0.1, -0.05) is 0 Å². The van der Waals surface area contributed by atoms with Crippen LogP contribution in [0, 0.1) is 0 Å². The van der Waals surface area contributed by atoms with Gasteiger partial charge in [0.1, 0.15) is 0 Å². The van der Waals surface area contributed by atoms with E-state index >= 15 is 0 Å². The van der Waals surface area contributed by atoms with Crippen LogP contribution in [-0.2, 0) is 0 Å². The molecule has 0 aromatic heterocycles. The first-order chi connectivity index (χ1) is 6.70. The molecular formula is C11H24N2O. The van der Waals surface area contributed by atoms with Gasteiger partial charge >= 0.3 is 0 Å². The van der Waals surface area contributed by atoms with Crippen LogP contribution in [0.2, 0.25) is 0 Å². The molecule has 84 valence electrons.